The van der Waals surface area contributed by atoms with Crippen LogP contribution in [0.25, 0.3) is 0 Å². The summed E-state index contributed by atoms with van der Waals surface area (Å²) in [6.45, 7) is 7.06. The number of benzene rings is 1. The first kappa shape index (κ1) is 16.1. The van der Waals surface area contributed by atoms with Gasteiger partial charge in [0.1, 0.15) is 11.6 Å². The molecule has 0 amide bonds. The number of ketones is 1. The molecule has 1 aromatic rings. The highest BCUT2D eigenvalue weighted by molar-refractivity contribution is 8.00. The second-order valence-corrected chi connectivity index (χ2v) is 5.23. The Morgan fingerprint density at radius 1 is 1.26 bits per heavy atom. The van der Waals surface area contributed by atoms with E-state index in [4.69, 9.17) is 0 Å². The zero-order valence-electron chi connectivity index (χ0n) is 11.3. The maximum absolute atomic E-state index is 13.4. The Kier molecular flexibility index (Phi) is 7.02. The summed E-state index contributed by atoms with van der Waals surface area (Å²) in [5, 5.41) is 0. The van der Waals surface area contributed by atoms with Gasteiger partial charge in [0.15, 0.2) is 5.78 Å². The summed E-state index contributed by atoms with van der Waals surface area (Å²) in [5.74, 6) is -0.681. The molecule has 0 heterocycles. The number of hydrogen-bond donors (Lipinski definition) is 0. The smallest absolute Gasteiger partial charge is 0.175 e. The van der Waals surface area contributed by atoms with E-state index in [2.05, 4.69) is 18.7 Å². The maximum Gasteiger partial charge on any atom is 0.175 e. The number of carbonyl (C=O) groups excluding carboxylic acids is 1. The van der Waals surface area contributed by atoms with Crippen molar-refractivity contribution in [2.45, 2.75) is 13.8 Å². The number of hydrogen-bond acceptors (Lipinski definition) is 3. The molecule has 0 aliphatic rings. The first-order valence-electron chi connectivity index (χ1n) is 6.36. The van der Waals surface area contributed by atoms with Crippen molar-refractivity contribution < 1.29 is 13.6 Å². The van der Waals surface area contributed by atoms with E-state index in [1.807, 2.05) is 0 Å². The number of carbonyl (C=O) groups is 1. The molecule has 1 rings (SSSR count). The fraction of sp³-hybridized carbons (Fsp3) is 0.500. The Hall–Kier alpha value is -0.940. The standard InChI is InChI=1S/C14H19F2NOS/c1-3-17(4-2)7-8-19-10-14(18)12-6-5-11(15)9-13(12)16/h5-6,9H,3-4,7-8,10H2,1-2H3. The van der Waals surface area contributed by atoms with Crippen LogP contribution < -0.4 is 0 Å². The van der Waals surface area contributed by atoms with Crippen molar-refractivity contribution in [3.05, 3.63) is 35.4 Å². The van der Waals surface area contributed by atoms with Gasteiger partial charge in [0, 0.05) is 18.4 Å². The van der Waals surface area contributed by atoms with Crippen LogP contribution in [-0.4, -0.2) is 41.8 Å². The first-order chi connectivity index (χ1) is 9.08. The minimum atomic E-state index is -0.783. The number of thioether (sulfide) groups is 1. The van der Waals surface area contributed by atoms with E-state index >= 15 is 0 Å². The minimum Gasteiger partial charge on any atom is -0.303 e. The first-order valence-corrected chi connectivity index (χ1v) is 7.52. The van der Waals surface area contributed by atoms with Crippen LogP contribution in [0, 0.1) is 11.6 Å². The van der Waals surface area contributed by atoms with Gasteiger partial charge in [-0.3, -0.25) is 4.79 Å². The SMILES string of the molecule is CCN(CC)CCSCC(=O)c1ccc(F)cc1F. The van der Waals surface area contributed by atoms with E-state index in [0.29, 0.717) is 0 Å². The van der Waals surface area contributed by atoms with Crippen LogP contribution in [0.2, 0.25) is 0 Å². The second-order valence-electron chi connectivity index (χ2n) is 4.13. The highest BCUT2D eigenvalue weighted by Crippen LogP contribution is 2.13. The van der Waals surface area contributed by atoms with Crippen molar-refractivity contribution in [2.24, 2.45) is 0 Å². The second kappa shape index (κ2) is 8.27. The van der Waals surface area contributed by atoms with Crippen molar-refractivity contribution in [1.29, 1.82) is 0 Å². The monoisotopic (exact) mass is 287 g/mol. The van der Waals surface area contributed by atoms with Crippen molar-refractivity contribution in [3.8, 4) is 0 Å². The fourth-order valence-corrected chi connectivity index (χ4v) is 2.56. The van der Waals surface area contributed by atoms with E-state index in [1.54, 1.807) is 0 Å². The number of Topliss-reactive ketones (excluding diaryl/α,β-unsaturated/α-hetero) is 1. The summed E-state index contributed by atoms with van der Waals surface area (Å²) in [7, 11) is 0. The van der Waals surface area contributed by atoms with E-state index in [9.17, 15) is 13.6 Å². The average molecular weight is 287 g/mol. The molecule has 0 N–H and O–H groups in total. The average Bonchev–Trinajstić information content (AvgIpc) is 2.38. The molecular weight excluding hydrogens is 268 g/mol. The molecule has 0 radical (unpaired) electrons. The van der Waals surface area contributed by atoms with Crippen LogP contribution in [0.1, 0.15) is 24.2 Å². The van der Waals surface area contributed by atoms with E-state index < -0.39 is 11.6 Å². The van der Waals surface area contributed by atoms with Gasteiger partial charge in [-0.2, -0.15) is 11.8 Å². The highest BCUT2D eigenvalue weighted by atomic mass is 32.2. The molecule has 0 bridgehead atoms. The van der Waals surface area contributed by atoms with Gasteiger partial charge in [-0.15, -0.1) is 0 Å². The van der Waals surface area contributed by atoms with Crippen molar-refractivity contribution >= 4 is 17.5 Å². The van der Waals surface area contributed by atoms with Gasteiger partial charge in [0.05, 0.1) is 11.3 Å². The third-order valence-corrected chi connectivity index (χ3v) is 3.85. The van der Waals surface area contributed by atoms with Crippen LogP contribution in [0.15, 0.2) is 18.2 Å². The van der Waals surface area contributed by atoms with Crippen LogP contribution in [0.3, 0.4) is 0 Å². The fourth-order valence-electron chi connectivity index (χ4n) is 1.69. The lowest BCUT2D eigenvalue weighted by molar-refractivity contribution is 0.101. The Bertz CT molecular complexity index is 422. The van der Waals surface area contributed by atoms with Crippen LogP contribution in [-0.2, 0) is 0 Å². The largest absolute Gasteiger partial charge is 0.303 e. The van der Waals surface area contributed by atoms with Crippen molar-refractivity contribution in [2.75, 3.05) is 31.1 Å². The van der Waals surface area contributed by atoms with Crippen LogP contribution in [0.5, 0.6) is 0 Å². The van der Waals surface area contributed by atoms with Gasteiger partial charge in [0.2, 0.25) is 0 Å². The Morgan fingerprint density at radius 3 is 2.53 bits per heavy atom. The Labute approximate surface area is 117 Å². The molecule has 19 heavy (non-hydrogen) atoms. The lowest BCUT2D eigenvalue weighted by atomic mass is 10.1. The zero-order chi connectivity index (χ0) is 14.3. The van der Waals surface area contributed by atoms with E-state index in [1.165, 1.54) is 17.8 Å². The summed E-state index contributed by atoms with van der Waals surface area (Å²) in [6.07, 6.45) is 0. The molecule has 0 atom stereocenters. The lowest BCUT2D eigenvalue weighted by Gasteiger charge is -2.17. The zero-order valence-corrected chi connectivity index (χ0v) is 12.1. The number of rotatable bonds is 8. The highest BCUT2D eigenvalue weighted by Gasteiger charge is 2.12. The van der Waals surface area contributed by atoms with Gasteiger partial charge in [0.25, 0.3) is 0 Å². The summed E-state index contributed by atoms with van der Waals surface area (Å²) >= 11 is 1.48. The third-order valence-electron chi connectivity index (χ3n) is 2.91. The van der Waals surface area contributed by atoms with Gasteiger partial charge < -0.3 is 4.90 Å². The molecule has 0 saturated heterocycles. The topological polar surface area (TPSA) is 20.3 Å². The quantitative estimate of drug-likeness (QED) is 0.541. The van der Waals surface area contributed by atoms with Gasteiger partial charge in [-0.25, -0.2) is 8.78 Å². The molecule has 0 unspecified atom stereocenters. The minimum absolute atomic E-state index is 0.0308. The lowest BCUT2D eigenvalue weighted by Crippen LogP contribution is -2.25. The summed E-state index contributed by atoms with van der Waals surface area (Å²) in [4.78, 5) is 14.0. The predicted molar refractivity (Wildman–Crippen MR) is 75.8 cm³/mol. The summed E-state index contributed by atoms with van der Waals surface area (Å²) in [5.41, 5.74) is -0.0308. The molecule has 5 heteroatoms. The van der Waals surface area contributed by atoms with Gasteiger partial charge >= 0.3 is 0 Å². The van der Waals surface area contributed by atoms with Gasteiger partial charge in [-0.05, 0) is 25.2 Å². The number of halogens is 2. The van der Waals surface area contributed by atoms with E-state index in [0.717, 1.165) is 37.5 Å². The predicted octanol–water partition coefficient (Wildman–Crippen LogP) is 3.22. The molecule has 0 fully saturated rings. The van der Waals surface area contributed by atoms with Gasteiger partial charge in [-0.1, -0.05) is 13.8 Å². The molecule has 0 saturated carbocycles. The van der Waals surface area contributed by atoms with E-state index in [-0.39, 0.29) is 17.1 Å². The molecule has 0 aromatic heterocycles. The molecule has 0 aliphatic heterocycles. The molecular formula is C14H19F2NOS. The third kappa shape index (κ3) is 5.28. The van der Waals surface area contributed by atoms with Crippen LogP contribution >= 0.6 is 11.8 Å². The molecule has 1 aromatic carbocycles. The maximum atomic E-state index is 13.4. The molecule has 106 valence electrons. The Balaban J connectivity index is 2.39. The summed E-state index contributed by atoms with van der Waals surface area (Å²) < 4.78 is 26.1. The van der Waals surface area contributed by atoms with Crippen molar-refractivity contribution in [1.82, 2.24) is 4.90 Å². The normalized spacial score (nSPS) is 11.0. The molecule has 0 spiro atoms. The number of nitrogens with zero attached hydrogens (tertiary/aromatic N) is 1. The van der Waals surface area contributed by atoms with Crippen molar-refractivity contribution in [3.63, 3.8) is 0 Å². The molecule has 2 nitrogen and oxygen atoms in total. The Morgan fingerprint density at radius 2 is 1.95 bits per heavy atom. The van der Waals surface area contributed by atoms with Crippen LogP contribution in [0.4, 0.5) is 8.78 Å². The molecule has 0 aliphatic carbocycles. The summed E-state index contributed by atoms with van der Waals surface area (Å²) in [6, 6.07) is 3.06.